The minimum Gasteiger partial charge on any atom is -0.381 e. The highest BCUT2D eigenvalue weighted by atomic mass is 16.5. The Morgan fingerprint density at radius 2 is 2.18 bits per heavy atom. The largest absolute Gasteiger partial charge is 0.381 e. The van der Waals surface area contributed by atoms with Gasteiger partial charge in [0.2, 0.25) is 0 Å². The first-order chi connectivity index (χ1) is 8.38. The van der Waals surface area contributed by atoms with E-state index in [-0.39, 0.29) is 0 Å². The van der Waals surface area contributed by atoms with Gasteiger partial charge >= 0.3 is 0 Å². The summed E-state index contributed by atoms with van der Waals surface area (Å²) in [6.45, 7) is 9.19. The van der Waals surface area contributed by atoms with Gasteiger partial charge in [-0.15, -0.1) is 0 Å². The fourth-order valence-electron chi connectivity index (χ4n) is 3.06. The van der Waals surface area contributed by atoms with Crippen molar-refractivity contribution < 1.29 is 4.74 Å². The normalized spacial score (nSPS) is 30.0. The van der Waals surface area contributed by atoms with Crippen LogP contribution in [0.4, 0.5) is 0 Å². The summed E-state index contributed by atoms with van der Waals surface area (Å²) in [6, 6.07) is 0.734. The number of piperidine rings is 1. The lowest BCUT2D eigenvalue weighted by Crippen LogP contribution is -2.45. The van der Waals surface area contributed by atoms with Crippen LogP contribution in [-0.2, 0) is 4.74 Å². The molecule has 2 saturated heterocycles. The minimum absolute atomic E-state index is 0.734. The van der Waals surface area contributed by atoms with Gasteiger partial charge in [0.1, 0.15) is 0 Å². The molecular formula is C14H28N2O. The summed E-state index contributed by atoms with van der Waals surface area (Å²) in [6.07, 6.45) is 6.66. The molecule has 3 nitrogen and oxygen atoms in total. The Morgan fingerprint density at radius 1 is 1.24 bits per heavy atom. The monoisotopic (exact) mass is 240 g/mol. The van der Waals surface area contributed by atoms with Gasteiger partial charge in [-0.25, -0.2) is 0 Å². The molecule has 0 aromatic rings. The van der Waals surface area contributed by atoms with Gasteiger partial charge in [0.25, 0.3) is 0 Å². The quantitative estimate of drug-likeness (QED) is 0.767. The van der Waals surface area contributed by atoms with Crippen molar-refractivity contribution in [3.8, 4) is 0 Å². The number of ether oxygens (including phenoxy) is 1. The van der Waals surface area contributed by atoms with Crippen molar-refractivity contribution in [2.45, 2.75) is 45.1 Å². The highest BCUT2D eigenvalue weighted by Gasteiger charge is 2.21. The van der Waals surface area contributed by atoms with E-state index in [1.54, 1.807) is 0 Å². The van der Waals surface area contributed by atoms with E-state index in [1.807, 2.05) is 0 Å². The standard InChI is InChI=1S/C14H28N2O/c1-2-8-16(10-13-6-9-17-12-13)11-14-5-3-4-7-15-14/h13-15H,2-12H2,1H3. The summed E-state index contributed by atoms with van der Waals surface area (Å²) in [5.41, 5.74) is 0. The molecule has 0 aromatic heterocycles. The maximum absolute atomic E-state index is 5.48. The Hall–Kier alpha value is -0.120. The molecule has 0 aromatic carbocycles. The molecule has 0 radical (unpaired) electrons. The molecule has 3 heteroatoms. The maximum Gasteiger partial charge on any atom is 0.0507 e. The van der Waals surface area contributed by atoms with Crippen molar-refractivity contribution in [3.63, 3.8) is 0 Å². The molecule has 0 saturated carbocycles. The van der Waals surface area contributed by atoms with Crippen LogP contribution in [0.1, 0.15) is 39.0 Å². The Kier molecular flexibility index (Phi) is 5.75. The predicted octanol–water partition coefficient (Wildman–Crippen LogP) is 1.88. The molecule has 0 bridgehead atoms. The van der Waals surface area contributed by atoms with E-state index in [9.17, 15) is 0 Å². The number of nitrogens with zero attached hydrogens (tertiary/aromatic N) is 1. The number of hydrogen-bond acceptors (Lipinski definition) is 3. The molecule has 100 valence electrons. The molecule has 0 amide bonds. The fourth-order valence-corrected chi connectivity index (χ4v) is 3.06. The number of hydrogen-bond donors (Lipinski definition) is 1. The van der Waals surface area contributed by atoms with E-state index in [4.69, 9.17) is 4.74 Å². The fraction of sp³-hybridized carbons (Fsp3) is 1.00. The van der Waals surface area contributed by atoms with Crippen LogP contribution in [0.25, 0.3) is 0 Å². The lowest BCUT2D eigenvalue weighted by molar-refractivity contribution is 0.158. The third-order valence-corrected chi connectivity index (χ3v) is 3.97. The van der Waals surface area contributed by atoms with Gasteiger partial charge in [0, 0.05) is 25.7 Å². The van der Waals surface area contributed by atoms with Crippen molar-refractivity contribution in [2.24, 2.45) is 5.92 Å². The van der Waals surface area contributed by atoms with Crippen LogP contribution in [-0.4, -0.2) is 50.3 Å². The molecule has 0 spiro atoms. The Balaban J connectivity index is 1.74. The Bertz CT molecular complexity index is 198. The van der Waals surface area contributed by atoms with Crippen LogP contribution in [0, 0.1) is 5.92 Å². The second-order valence-corrected chi connectivity index (χ2v) is 5.64. The van der Waals surface area contributed by atoms with Crippen LogP contribution >= 0.6 is 0 Å². The molecule has 2 aliphatic heterocycles. The van der Waals surface area contributed by atoms with Gasteiger partial charge in [0.15, 0.2) is 0 Å². The van der Waals surface area contributed by atoms with E-state index >= 15 is 0 Å². The lowest BCUT2D eigenvalue weighted by atomic mass is 10.0. The van der Waals surface area contributed by atoms with Crippen LogP contribution in [0.15, 0.2) is 0 Å². The van der Waals surface area contributed by atoms with Gasteiger partial charge in [-0.05, 0) is 44.7 Å². The topological polar surface area (TPSA) is 24.5 Å². The zero-order valence-corrected chi connectivity index (χ0v) is 11.3. The zero-order valence-electron chi connectivity index (χ0n) is 11.3. The van der Waals surface area contributed by atoms with Gasteiger partial charge in [0.05, 0.1) is 6.61 Å². The van der Waals surface area contributed by atoms with Crippen molar-refractivity contribution in [2.75, 3.05) is 39.4 Å². The first-order valence-corrected chi connectivity index (χ1v) is 7.42. The lowest BCUT2D eigenvalue weighted by Gasteiger charge is -2.31. The van der Waals surface area contributed by atoms with E-state index in [1.165, 1.54) is 58.3 Å². The third-order valence-electron chi connectivity index (χ3n) is 3.97. The van der Waals surface area contributed by atoms with Crippen molar-refractivity contribution >= 4 is 0 Å². The molecule has 2 heterocycles. The number of rotatable bonds is 6. The second-order valence-electron chi connectivity index (χ2n) is 5.64. The first-order valence-electron chi connectivity index (χ1n) is 7.42. The summed E-state index contributed by atoms with van der Waals surface area (Å²) < 4.78 is 5.48. The Labute approximate surface area is 106 Å². The van der Waals surface area contributed by atoms with Gasteiger partial charge in [-0.3, -0.25) is 0 Å². The highest BCUT2D eigenvalue weighted by Crippen LogP contribution is 2.16. The third kappa shape index (κ3) is 4.57. The summed E-state index contributed by atoms with van der Waals surface area (Å²) in [5.74, 6) is 0.783. The van der Waals surface area contributed by atoms with E-state index in [0.717, 1.165) is 25.2 Å². The van der Waals surface area contributed by atoms with Crippen molar-refractivity contribution in [1.82, 2.24) is 10.2 Å². The van der Waals surface area contributed by atoms with Crippen molar-refractivity contribution in [3.05, 3.63) is 0 Å². The van der Waals surface area contributed by atoms with E-state index in [2.05, 4.69) is 17.1 Å². The Morgan fingerprint density at radius 3 is 2.82 bits per heavy atom. The molecule has 2 rings (SSSR count). The minimum atomic E-state index is 0.734. The maximum atomic E-state index is 5.48. The van der Waals surface area contributed by atoms with Crippen LogP contribution in [0.2, 0.25) is 0 Å². The van der Waals surface area contributed by atoms with E-state index in [0.29, 0.717) is 0 Å². The molecule has 2 aliphatic rings. The molecule has 1 N–H and O–H groups in total. The number of nitrogens with one attached hydrogen (secondary N) is 1. The average molecular weight is 240 g/mol. The van der Waals surface area contributed by atoms with Gasteiger partial charge in [-0.2, -0.15) is 0 Å². The summed E-state index contributed by atoms with van der Waals surface area (Å²) in [7, 11) is 0. The molecule has 17 heavy (non-hydrogen) atoms. The molecule has 2 unspecified atom stereocenters. The van der Waals surface area contributed by atoms with Crippen LogP contribution in [0.5, 0.6) is 0 Å². The molecule has 0 aliphatic carbocycles. The average Bonchev–Trinajstić information content (AvgIpc) is 2.83. The van der Waals surface area contributed by atoms with E-state index < -0.39 is 0 Å². The van der Waals surface area contributed by atoms with Crippen LogP contribution < -0.4 is 5.32 Å². The molecular weight excluding hydrogens is 212 g/mol. The summed E-state index contributed by atoms with van der Waals surface area (Å²) in [4.78, 5) is 2.66. The van der Waals surface area contributed by atoms with Gasteiger partial charge in [-0.1, -0.05) is 13.3 Å². The summed E-state index contributed by atoms with van der Waals surface area (Å²) in [5, 5.41) is 3.66. The van der Waals surface area contributed by atoms with Crippen molar-refractivity contribution in [1.29, 1.82) is 0 Å². The molecule has 2 atom stereocenters. The van der Waals surface area contributed by atoms with Crippen LogP contribution in [0.3, 0.4) is 0 Å². The first kappa shape index (κ1) is 13.3. The zero-order chi connectivity index (χ0) is 11.9. The molecule has 2 fully saturated rings. The SMILES string of the molecule is CCCN(CC1CCOC1)CC1CCCCN1. The smallest absolute Gasteiger partial charge is 0.0507 e. The highest BCUT2D eigenvalue weighted by molar-refractivity contribution is 4.78. The second kappa shape index (κ2) is 7.34. The predicted molar refractivity (Wildman–Crippen MR) is 71.3 cm³/mol. The summed E-state index contributed by atoms with van der Waals surface area (Å²) >= 11 is 0. The van der Waals surface area contributed by atoms with Gasteiger partial charge < -0.3 is 15.0 Å².